The zero-order chi connectivity index (χ0) is 10.7. The summed E-state index contributed by atoms with van der Waals surface area (Å²) < 4.78 is 4.60. The minimum atomic E-state index is -0.411. The molecule has 0 fully saturated rings. The molecular weight excluding hydrogens is 182 g/mol. The monoisotopic (exact) mass is 199 g/mol. The van der Waals surface area contributed by atoms with Crippen molar-refractivity contribution >= 4 is 5.97 Å². The number of hydrogen-bond donors (Lipinski definition) is 0. The molecule has 14 heavy (non-hydrogen) atoms. The van der Waals surface area contributed by atoms with Gasteiger partial charge in [-0.15, -0.1) is 5.06 Å². The maximum atomic E-state index is 11.2. The van der Waals surface area contributed by atoms with Gasteiger partial charge in [0.25, 0.3) is 0 Å². The zero-order valence-corrected chi connectivity index (χ0v) is 9.11. The minimum absolute atomic E-state index is 0.170. The Balaban J connectivity index is 2.71. The van der Waals surface area contributed by atoms with Crippen LogP contribution in [0.5, 0.6) is 0 Å². The van der Waals surface area contributed by atoms with E-state index >= 15 is 0 Å². The van der Waals surface area contributed by atoms with Crippen LogP contribution < -0.4 is 0 Å². The first-order chi connectivity index (χ1) is 6.60. The second-order valence-corrected chi connectivity index (χ2v) is 3.54. The lowest BCUT2D eigenvalue weighted by molar-refractivity contribution is -0.166. The van der Waals surface area contributed by atoms with Crippen molar-refractivity contribution in [3.8, 4) is 0 Å². The summed E-state index contributed by atoms with van der Waals surface area (Å²) in [6.07, 6.45) is 2.73. The highest BCUT2D eigenvalue weighted by Gasteiger charge is 2.31. The number of methoxy groups -OCH3 is 1. The van der Waals surface area contributed by atoms with Gasteiger partial charge in [0, 0.05) is 6.04 Å². The highest BCUT2D eigenvalue weighted by atomic mass is 16.7. The molecule has 1 atom stereocenters. The molecule has 4 nitrogen and oxygen atoms in total. The SMILES string of the molecule is CCC1C=C(C(=O)OC)ON1C(C)C. The summed E-state index contributed by atoms with van der Waals surface area (Å²) in [6.45, 7) is 6.10. The summed E-state index contributed by atoms with van der Waals surface area (Å²) in [6, 6.07) is 0.419. The van der Waals surface area contributed by atoms with Gasteiger partial charge >= 0.3 is 5.97 Å². The molecule has 1 unspecified atom stereocenters. The van der Waals surface area contributed by atoms with Gasteiger partial charge in [0.2, 0.25) is 5.76 Å². The van der Waals surface area contributed by atoms with E-state index in [0.29, 0.717) is 5.76 Å². The average Bonchev–Trinajstić information content (AvgIpc) is 2.60. The predicted molar refractivity (Wildman–Crippen MR) is 52.2 cm³/mol. The average molecular weight is 199 g/mol. The molecule has 0 N–H and O–H groups in total. The Kier molecular flexibility index (Phi) is 3.52. The summed E-state index contributed by atoms with van der Waals surface area (Å²) in [4.78, 5) is 16.6. The van der Waals surface area contributed by atoms with Crippen LogP contribution in [0.3, 0.4) is 0 Å². The second-order valence-electron chi connectivity index (χ2n) is 3.54. The Morgan fingerprint density at radius 3 is 2.71 bits per heavy atom. The van der Waals surface area contributed by atoms with E-state index in [1.54, 1.807) is 0 Å². The van der Waals surface area contributed by atoms with Crippen LogP contribution in [0.1, 0.15) is 27.2 Å². The number of carbonyl (C=O) groups excluding carboxylic acids is 1. The zero-order valence-electron chi connectivity index (χ0n) is 9.11. The fourth-order valence-corrected chi connectivity index (χ4v) is 1.45. The van der Waals surface area contributed by atoms with Crippen LogP contribution in [0.2, 0.25) is 0 Å². The van der Waals surface area contributed by atoms with Crippen molar-refractivity contribution < 1.29 is 14.4 Å². The topological polar surface area (TPSA) is 38.8 Å². The molecule has 0 saturated heterocycles. The highest BCUT2D eigenvalue weighted by Crippen LogP contribution is 2.23. The number of carbonyl (C=O) groups is 1. The first-order valence-electron chi connectivity index (χ1n) is 4.86. The molecule has 1 aliphatic heterocycles. The molecule has 4 heteroatoms. The number of hydrogen-bond acceptors (Lipinski definition) is 4. The largest absolute Gasteiger partial charge is 0.463 e. The molecule has 0 aromatic carbocycles. The van der Waals surface area contributed by atoms with Gasteiger partial charge in [0.15, 0.2) is 0 Å². The van der Waals surface area contributed by atoms with Crippen LogP contribution >= 0.6 is 0 Å². The maximum absolute atomic E-state index is 11.2. The summed E-state index contributed by atoms with van der Waals surface area (Å²) in [5, 5.41) is 1.81. The van der Waals surface area contributed by atoms with E-state index in [4.69, 9.17) is 4.84 Å². The number of esters is 1. The molecule has 0 spiro atoms. The first kappa shape index (κ1) is 11.0. The fraction of sp³-hybridized carbons (Fsp3) is 0.700. The van der Waals surface area contributed by atoms with Gasteiger partial charge in [0.05, 0.1) is 13.2 Å². The molecule has 1 aliphatic rings. The van der Waals surface area contributed by atoms with E-state index < -0.39 is 5.97 Å². The van der Waals surface area contributed by atoms with Crippen molar-refractivity contribution in [3.05, 3.63) is 11.8 Å². The smallest absolute Gasteiger partial charge is 0.375 e. The Bertz CT molecular complexity index is 248. The summed E-state index contributed by atoms with van der Waals surface area (Å²) in [5.74, 6) is -0.111. The summed E-state index contributed by atoms with van der Waals surface area (Å²) >= 11 is 0. The molecule has 0 radical (unpaired) electrons. The molecule has 0 aromatic rings. The van der Waals surface area contributed by atoms with Gasteiger partial charge in [-0.2, -0.15) is 0 Å². The third kappa shape index (κ3) is 2.07. The molecule has 1 heterocycles. The summed E-state index contributed by atoms with van der Waals surface area (Å²) in [5.41, 5.74) is 0. The quantitative estimate of drug-likeness (QED) is 0.645. The van der Waals surface area contributed by atoms with Crippen molar-refractivity contribution in [2.45, 2.75) is 39.3 Å². The van der Waals surface area contributed by atoms with Crippen LogP contribution in [-0.2, 0) is 14.4 Å². The van der Waals surface area contributed by atoms with E-state index in [-0.39, 0.29) is 12.1 Å². The molecule has 0 bridgehead atoms. The van der Waals surface area contributed by atoms with Crippen LogP contribution in [-0.4, -0.2) is 30.2 Å². The van der Waals surface area contributed by atoms with Crippen LogP contribution in [0.15, 0.2) is 11.8 Å². The standard InChI is InChI=1S/C10H17NO3/c1-5-8-6-9(10(12)13-4)14-11(8)7(2)3/h6-8H,5H2,1-4H3. The van der Waals surface area contributed by atoms with E-state index in [0.717, 1.165) is 6.42 Å². The van der Waals surface area contributed by atoms with Crippen LogP contribution in [0.4, 0.5) is 0 Å². The van der Waals surface area contributed by atoms with E-state index in [9.17, 15) is 4.79 Å². The van der Waals surface area contributed by atoms with Gasteiger partial charge in [-0.3, -0.25) is 0 Å². The number of hydroxylamine groups is 2. The Morgan fingerprint density at radius 1 is 1.71 bits per heavy atom. The predicted octanol–water partition coefficient (Wildman–Crippen LogP) is 1.48. The Hall–Kier alpha value is -1.03. The molecule has 0 amide bonds. The van der Waals surface area contributed by atoms with Crippen molar-refractivity contribution in [1.82, 2.24) is 5.06 Å². The highest BCUT2D eigenvalue weighted by molar-refractivity contribution is 5.86. The van der Waals surface area contributed by atoms with Gasteiger partial charge in [0.1, 0.15) is 0 Å². The number of rotatable bonds is 3. The number of nitrogens with zero attached hydrogens (tertiary/aromatic N) is 1. The van der Waals surface area contributed by atoms with E-state index in [2.05, 4.69) is 11.7 Å². The number of ether oxygens (including phenoxy) is 1. The first-order valence-corrected chi connectivity index (χ1v) is 4.86. The van der Waals surface area contributed by atoms with Crippen molar-refractivity contribution in [3.63, 3.8) is 0 Å². The Labute approximate surface area is 84.4 Å². The van der Waals surface area contributed by atoms with Crippen molar-refractivity contribution in [2.24, 2.45) is 0 Å². The summed E-state index contributed by atoms with van der Waals surface area (Å²) in [7, 11) is 1.35. The molecule has 0 aliphatic carbocycles. The van der Waals surface area contributed by atoms with Gasteiger partial charge in [-0.05, 0) is 26.3 Å². The third-order valence-electron chi connectivity index (χ3n) is 2.19. The molecule has 0 saturated carbocycles. The normalized spacial score (nSPS) is 22.1. The van der Waals surface area contributed by atoms with E-state index in [1.807, 2.05) is 25.0 Å². The maximum Gasteiger partial charge on any atom is 0.375 e. The minimum Gasteiger partial charge on any atom is -0.463 e. The molecule has 0 aromatic heterocycles. The lowest BCUT2D eigenvalue weighted by Gasteiger charge is -2.25. The van der Waals surface area contributed by atoms with Crippen LogP contribution in [0.25, 0.3) is 0 Å². The Morgan fingerprint density at radius 2 is 2.36 bits per heavy atom. The second kappa shape index (κ2) is 4.46. The van der Waals surface area contributed by atoms with E-state index in [1.165, 1.54) is 7.11 Å². The van der Waals surface area contributed by atoms with Gasteiger partial charge in [-0.1, -0.05) is 6.92 Å². The molecule has 1 rings (SSSR count). The van der Waals surface area contributed by atoms with Crippen molar-refractivity contribution in [1.29, 1.82) is 0 Å². The van der Waals surface area contributed by atoms with Gasteiger partial charge < -0.3 is 9.57 Å². The van der Waals surface area contributed by atoms with Crippen molar-refractivity contribution in [2.75, 3.05) is 7.11 Å². The van der Waals surface area contributed by atoms with Crippen LogP contribution in [0, 0.1) is 0 Å². The fourth-order valence-electron chi connectivity index (χ4n) is 1.45. The molecule has 80 valence electrons. The molecular formula is C10H17NO3. The van der Waals surface area contributed by atoms with Gasteiger partial charge in [-0.25, -0.2) is 4.79 Å². The third-order valence-corrected chi connectivity index (χ3v) is 2.19. The lowest BCUT2D eigenvalue weighted by atomic mass is 10.2. The lowest BCUT2D eigenvalue weighted by Crippen LogP contribution is -2.34.